The maximum atomic E-state index is 13.8. The van der Waals surface area contributed by atoms with Crippen LogP contribution >= 0.6 is 11.8 Å². The van der Waals surface area contributed by atoms with Crippen LogP contribution in [0.4, 0.5) is 0 Å². The lowest BCUT2D eigenvalue weighted by atomic mass is 9.45. The number of fused-ring (bicyclic) bond motifs is 5. The Morgan fingerprint density at radius 2 is 1.89 bits per heavy atom. The van der Waals surface area contributed by atoms with Gasteiger partial charge in [0.05, 0.1) is 11.9 Å². The number of hydrogen-bond acceptors (Lipinski definition) is 7. The van der Waals surface area contributed by atoms with Crippen molar-refractivity contribution >= 4 is 34.4 Å². The second kappa shape index (κ2) is 9.77. The molecule has 35 heavy (non-hydrogen) atoms. The van der Waals surface area contributed by atoms with Crippen molar-refractivity contribution in [3.05, 3.63) is 11.6 Å². The van der Waals surface area contributed by atoms with E-state index in [0.29, 0.717) is 32.1 Å². The van der Waals surface area contributed by atoms with Gasteiger partial charge in [0, 0.05) is 24.7 Å². The predicted molar refractivity (Wildman–Crippen MR) is 135 cm³/mol. The second-order valence-electron chi connectivity index (χ2n) is 11.6. The van der Waals surface area contributed by atoms with E-state index >= 15 is 0 Å². The van der Waals surface area contributed by atoms with Crippen LogP contribution in [0, 0.1) is 28.6 Å². The van der Waals surface area contributed by atoms with Gasteiger partial charge in [-0.3, -0.25) is 19.2 Å². The molecule has 0 aromatic heterocycles. The highest BCUT2D eigenvalue weighted by atomic mass is 32.2. The zero-order valence-electron chi connectivity index (χ0n) is 21.6. The van der Waals surface area contributed by atoms with Crippen molar-refractivity contribution in [2.45, 2.75) is 104 Å². The van der Waals surface area contributed by atoms with E-state index in [1.807, 2.05) is 19.9 Å². The average Bonchev–Trinajstić information content (AvgIpc) is 3.09. The summed E-state index contributed by atoms with van der Waals surface area (Å²) in [7, 11) is 0. The fraction of sp³-hybridized carbons (Fsp3) is 0.786. The summed E-state index contributed by atoms with van der Waals surface area (Å²) in [5, 5.41) is 11.6. The Kier molecular flexibility index (Phi) is 7.42. The van der Waals surface area contributed by atoms with Crippen LogP contribution < -0.4 is 0 Å². The number of carbonyl (C=O) groups is 4. The molecule has 1 N–H and O–H groups in total. The lowest BCUT2D eigenvalue weighted by Crippen LogP contribution is -2.63. The van der Waals surface area contributed by atoms with Crippen molar-refractivity contribution in [3.63, 3.8) is 0 Å². The summed E-state index contributed by atoms with van der Waals surface area (Å²) in [4.78, 5) is 50.7. The van der Waals surface area contributed by atoms with Gasteiger partial charge in [0.25, 0.3) is 0 Å². The molecule has 4 aliphatic carbocycles. The highest BCUT2D eigenvalue weighted by Crippen LogP contribution is 2.68. The van der Waals surface area contributed by atoms with E-state index in [-0.39, 0.29) is 58.0 Å². The molecule has 0 unspecified atom stereocenters. The van der Waals surface area contributed by atoms with Gasteiger partial charge in [0.2, 0.25) is 0 Å². The van der Waals surface area contributed by atoms with Crippen LogP contribution in [0.1, 0.15) is 91.9 Å². The molecule has 4 aliphatic rings. The van der Waals surface area contributed by atoms with Crippen LogP contribution in [0.15, 0.2) is 11.6 Å². The molecular formula is C28H40O6S. The number of hydrogen-bond donors (Lipinski definition) is 1. The van der Waals surface area contributed by atoms with Crippen molar-refractivity contribution in [2.75, 3.05) is 5.75 Å². The Balaban J connectivity index is 1.70. The Hall–Kier alpha value is -1.47. The normalized spacial score (nSPS) is 40.3. The fourth-order valence-electron chi connectivity index (χ4n) is 8.17. The highest BCUT2D eigenvalue weighted by molar-refractivity contribution is 8.14. The average molecular weight is 505 g/mol. The Morgan fingerprint density at radius 3 is 2.57 bits per heavy atom. The SMILES string of the molecule is CCCC(=O)O[C@]1(C(=O)CSC(=O)CC)CC[C@H]2[C@@H]3CCC4=CC(=O)CC[C@@]4(C)[C@H]3[C@@H](O)C[C@@]21C. The Labute approximate surface area is 213 Å². The molecule has 7 heteroatoms. The van der Waals surface area contributed by atoms with E-state index in [1.165, 1.54) is 5.57 Å². The minimum absolute atomic E-state index is 0.00864. The molecule has 0 aromatic carbocycles. The highest BCUT2D eigenvalue weighted by Gasteiger charge is 2.70. The number of thioether (sulfide) groups is 1. The number of esters is 1. The van der Waals surface area contributed by atoms with Crippen molar-refractivity contribution < 1.29 is 29.0 Å². The third-order valence-electron chi connectivity index (χ3n) is 9.86. The number of aliphatic hydroxyl groups is 1. The standard InChI is InChI=1S/C28H40O6S/c1-5-7-23(32)34-28(22(31)16-35-24(33)6-2)13-11-20-19-9-8-17-14-18(29)10-12-26(17,3)25(19)21(30)15-27(20,28)4/h14,19-21,25,30H,5-13,15-16H2,1-4H3/t19-,20-,21-,25+,26+,27-,28-/m0/s1. The summed E-state index contributed by atoms with van der Waals surface area (Å²) >= 11 is 1.00. The van der Waals surface area contributed by atoms with Crippen LogP contribution in [-0.4, -0.2) is 45.2 Å². The Bertz CT molecular complexity index is 942. The van der Waals surface area contributed by atoms with Gasteiger partial charge in [0.1, 0.15) is 0 Å². The Morgan fingerprint density at radius 1 is 1.14 bits per heavy atom. The molecule has 0 heterocycles. The largest absolute Gasteiger partial charge is 0.450 e. The van der Waals surface area contributed by atoms with Gasteiger partial charge in [-0.05, 0) is 74.2 Å². The van der Waals surface area contributed by atoms with Gasteiger partial charge in [-0.25, -0.2) is 0 Å². The number of carbonyl (C=O) groups excluding carboxylic acids is 4. The topological polar surface area (TPSA) is 97.7 Å². The number of allylic oxidation sites excluding steroid dienone is 1. The number of ether oxygens (including phenoxy) is 1. The summed E-state index contributed by atoms with van der Waals surface area (Å²) in [6.45, 7) is 7.91. The first kappa shape index (κ1) is 26.6. The van der Waals surface area contributed by atoms with Crippen LogP contribution in [0.2, 0.25) is 0 Å². The molecule has 194 valence electrons. The molecule has 0 saturated heterocycles. The summed E-state index contributed by atoms with van der Waals surface area (Å²) < 4.78 is 6.13. The van der Waals surface area contributed by atoms with Crippen LogP contribution in [0.5, 0.6) is 0 Å². The van der Waals surface area contributed by atoms with Crippen LogP contribution in [-0.2, 0) is 23.9 Å². The molecule has 0 spiro atoms. The summed E-state index contributed by atoms with van der Waals surface area (Å²) in [6, 6.07) is 0. The minimum atomic E-state index is -1.31. The molecule has 3 fully saturated rings. The van der Waals surface area contributed by atoms with Gasteiger partial charge in [-0.1, -0.05) is 45.0 Å². The third kappa shape index (κ3) is 4.24. The first-order valence-corrected chi connectivity index (χ1v) is 14.3. The summed E-state index contributed by atoms with van der Waals surface area (Å²) in [5.74, 6) is -0.0417. The summed E-state index contributed by atoms with van der Waals surface area (Å²) in [5.41, 5.74) is -1.04. The zero-order valence-corrected chi connectivity index (χ0v) is 22.4. The van der Waals surface area contributed by atoms with Crippen molar-refractivity contribution in [1.82, 2.24) is 0 Å². The molecular weight excluding hydrogens is 464 g/mol. The first-order chi connectivity index (χ1) is 16.5. The van der Waals surface area contributed by atoms with Crippen LogP contribution in [0.25, 0.3) is 0 Å². The van der Waals surface area contributed by atoms with E-state index in [0.717, 1.165) is 37.4 Å². The maximum absolute atomic E-state index is 13.8. The molecule has 0 radical (unpaired) electrons. The third-order valence-corrected chi connectivity index (χ3v) is 10.9. The van der Waals surface area contributed by atoms with Gasteiger partial charge >= 0.3 is 5.97 Å². The van der Waals surface area contributed by atoms with Crippen LogP contribution in [0.3, 0.4) is 0 Å². The van der Waals surface area contributed by atoms with E-state index in [2.05, 4.69) is 6.92 Å². The van der Waals surface area contributed by atoms with Crippen molar-refractivity contribution in [3.8, 4) is 0 Å². The second-order valence-corrected chi connectivity index (χ2v) is 12.6. The molecule has 6 nitrogen and oxygen atoms in total. The van der Waals surface area contributed by atoms with E-state index in [1.54, 1.807) is 6.92 Å². The summed E-state index contributed by atoms with van der Waals surface area (Å²) in [6.07, 6.45) is 6.94. The molecule has 0 aromatic rings. The minimum Gasteiger partial charge on any atom is -0.450 e. The monoisotopic (exact) mass is 504 g/mol. The molecule has 0 amide bonds. The maximum Gasteiger partial charge on any atom is 0.306 e. The molecule has 0 bridgehead atoms. The fourth-order valence-corrected chi connectivity index (χ4v) is 8.90. The number of rotatable bonds is 7. The van der Waals surface area contributed by atoms with Gasteiger partial charge in [-0.2, -0.15) is 0 Å². The van der Waals surface area contributed by atoms with Gasteiger partial charge < -0.3 is 9.84 Å². The van der Waals surface area contributed by atoms with Crippen molar-refractivity contribution in [2.24, 2.45) is 28.6 Å². The smallest absolute Gasteiger partial charge is 0.306 e. The van der Waals surface area contributed by atoms with Gasteiger partial charge in [0.15, 0.2) is 22.3 Å². The molecule has 3 saturated carbocycles. The lowest BCUT2D eigenvalue weighted by molar-refractivity contribution is -0.200. The number of Topliss-reactive ketones (excluding diaryl/α,β-unsaturated/α-hetero) is 1. The van der Waals surface area contributed by atoms with E-state index < -0.39 is 17.1 Å². The van der Waals surface area contributed by atoms with Gasteiger partial charge in [-0.15, -0.1) is 0 Å². The number of aliphatic hydroxyl groups excluding tert-OH is 1. The van der Waals surface area contributed by atoms with Crippen molar-refractivity contribution in [1.29, 1.82) is 0 Å². The quantitative estimate of drug-likeness (QED) is 0.497. The first-order valence-electron chi connectivity index (χ1n) is 13.3. The molecule has 0 aliphatic heterocycles. The number of ketones is 2. The lowest BCUT2D eigenvalue weighted by Gasteiger charge is -2.60. The zero-order chi connectivity index (χ0) is 25.6. The van der Waals surface area contributed by atoms with E-state index in [9.17, 15) is 24.3 Å². The van der Waals surface area contributed by atoms with E-state index in [4.69, 9.17) is 4.74 Å². The molecule has 7 atom stereocenters. The molecule has 4 rings (SSSR count). The predicted octanol–water partition coefficient (Wildman–Crippen LogP) is 4.81.